The molecule has 1 aromatic rings. The Labute approximate surface area is 133 Å². The molecule has 0 saturated heterocycles. The summed E-state index contributed by atoms with van der Waals surface area (Å²) < 4.78 is 0. The molecule has 4 nitrogen and oxygen atoms in total. The molecule has 22 heavy (non-hydrogen) atoms. The fourth-order valence-electron chi connectivity index (χ4n) is 2.03. The summed E-state index contributed by atoms with van der Waals surface area (Å²) in [6, 6.07) is 6.93. The molecule has 0 atom stereocenters. The highest BCUT2D eigenvalue weighted by atomic mass is 16.3. The van der Waals surface area contributed by atoms with Gasteiger partial charge >= 0.3 is 0 Å². The molecule has 0 unspecified atom stereocenters. The fourth-order valence-corrected chi connectivity index (χ4v) is 2.03. The predicted octanol–water partition coefficient (Wildman–Crippen LogP) is 3.86. The summed E-state index contributed by atoms with van der Waals surface area (Å²) in [7, 11) is 0. The largest absolute Gasteiger partial charge is 0.508 e. The van der Waals surface area contributed by atoms with Gasteiger partial charge in [0.15, 0.2) is 0 Å². The van der Waals surface area contributed by atoms with Gasteiger partial charge in [0.1, 0.15) is 11.5 Å². The topological polar surface area (TPSA) is 52.9 Å². The number of allylic oxidation sites excluding steroid dienone is 1. The summed E-state index contributed by atoms with van der Waals surface area (Å²) in [4.78, 5) is 18.4. The highest BCUT2D eigenvalue weighted by Crippen LogP contribution is 2.17. The second kappa shape index (κ2) is 9.03. The van der Waals surface area contributed by atoms with Gasteiger partial charge in [-0.3, -0.25) is 9.79 Å². The summed E-state index contributed by atoms with van der Waals surface area (Å²) >= 11 is 0. The van der Waals surface area contributed by atoms with Gasteiger partial charge < -0.3 is 10.0 Å². The molecule has 0 spiro atoms. The summed E-state index contributed by atoms with van der Waals surface area (Å²) in [6.45, 7) is 9.26. The van der Waals surface area contributed by atoms with Crippen molar-refractivity contribution in [1.82, 2.24) is 4.90 Å². The molecule has 0 aliphatic rings. The van der Waals surface area contributed by atoms with E-state index in [4.69, 9.17) is 0 Å². The lowest BCUT2D eigenvalue weighted by Crippen LogP contribution is -2.36. The van der Waals surface area contributed by atoms with E-state index in [9.17, 15) is 9.90 Å². The lowest BCUT2D eigenvalue weighted by molar-refractivity contribution is -0.124. The van der Waals surface area contributed by atoms with Crippen molar-refractivity contribution in [2.45, 2.75) is 40.5 Å². The smallest absolute Gasteiger partial charge is 0.267 e. The number of phenolic OH excluding ortho intramolecular Hbond substituents is 1. The fraction of sp³-hybridized carbons (Fsp3) is 0.444. The Morgan fingerprint density at radius 1 is 1.23 bits per heavy atom. The molecule has 0 aliphatic carbocycles. The summed E-state index contributed by atoms with van der Waals surface area (Å²) in [6.07, 6.45) is 3.78. The maximum absolute atomic E-state index is 12.3. The van der Waals surface area contributed by atoms with E-state index in [1.54, 1.807) is 25.3 Å². The average Bonchev–Trinajstić information content (AvgIpc) is 2.53. The normalized spacial score (nSPS) is 12.4. The number of carbonyl (C=O) groups excluding carboxylic acids is 1. The molecule has 0 radical (unpaired) electrons. The molecule has 0 fully saturated rings. The number of phenols is 1. The summed E-state index contributed by atoms with van der Waals surface area (Å²) in [5.41, 5.74) is 2.42. The third-order valence-electron chi connectivity index (χ3n) is 3.53. The third-order valence-corrected chi connectivity index (χ3v) is 3.53. The molecule has 0 aromatic heterocycles. The number of aromatic hydroxyl groups is 1. The van der Waals surface area contributed by atoms with Crippen molar-refractivity contribution in [3.8, 4) is 5.75 Å². The van der Waals surface area contributed by atoms with Crippen LogP contribution in [-0.2, 0) is 4.79 Å². The summed E-state index contributed by atoms with van der Waals surface area (Å²) in [5, 5.41) is 9.29. The van der Waals surface area contributed by atoms with Crippen LogP contribution in [0.15, 0.2) is 35.5 Å². The van der Waals surface area contributed by atoms with Gasteiger partial charge in [-0.2, -0.15) is 0 Å². The van der Waals surface area contributed by atoms with Crippen LogP contribution in [0.4, 0.5) is 0 Å². The third kappa shape index (κ3) is 5.35. The monoisotopic (exact) mass is 302 g/mol. The van der Waals surface area contributed by atoms with Gasteiger partial charge in [-0.15, -0.1) is 0 Å². The van der Waals surface area contributed by atoms with Crippen LogP contribution in [0.5, 0.6) is 5.75 Å². The molecule has 0 heterocycles. The zero-order chi connectivity index (χ0) is 16.5. The Balaban J connectivity index is 2.80. The van der Waals surface area contributed by atoms with Gasteiger partial charge in [0.2, 0.25) is 0 Å². The van der Waals surface area contributed by atoms with Crippen molar-refractivity contribution < 1.29 is 9.90 Å². The number of aliphatic imine (C=N–C) groups is 1. The highest BCUT2D eigenvalue weighted by molar-refractivity contribution is 6.38. The molecule has 4 heteroatoms. The quantitative estimate of drug-likeness (QED) is 0.777. The van der Waals surface area contributed by atoms with Crippen molar-refractivity contribution in [3.63, 3.8) is 0 Å². The van der Waals surface area contributed by atoms with E-state index in [1.807, 2.05) is 30.9 Å². The van der Waals surface area contributed by atoms with Gasteiger partial charge in [0, 0.05) is 19.3 Å². The van der Waals surface area contributed by atoms with E-state index >= 15 is 0 Å². The Bertz CT molecular complexity index is 545. The lowest BCUT2D eigenvalue weighted by Gasteiger charge is -2.20. The molecular formula is C18H26N2O2. The minimum absolute atomic E-state index is 0.00861. The Morgan fingerprint density at radius 3 is 2.41 bits per heavy atom. The molecule has 1 amide bonds. The molecular weight excluding hydrogens is 276 g/mol. The molecule has 0 bridgehead atoms. The zero-order valence-corrected chi connectivity index (χ0v) is 14.0. The first-order valence-electron chi connectivity index (χ1n) is 7.79. The van der Waals surface area contributed by atoms with E-state index in [-0.39, 0.29) is 11.7 Å². The maximum Gasteiger partial charge on any atom is 0.267 e. The van der Waals surface area contributed by atoms with Crippen molar-refractivity contribution in [2.75, 3.05) is 13.1 Å². The summed E-state index contributed by atoms with van der Waals surface area (Å²) in [5.74, 6) is 0.228. The second-order valence-electron chi connectivity index (χ2n) is 5.31. The van der Waals surface area contributed by atoms with Gasteiger partial charge in [-0.25, -0.2) is 0 Å². The van der Waals surface area contributed by atoms with E-state index < -0.39 is 0 Å². The number of carbonyl (C=O) groups is 1. The molecule has 1 aromatic carbocycles. The van der Waals surface area contributed by atoms with Crippen LogP contribution in [0, 0.1) is 0 Å². The molecule has 120 valence electrons. The molecule has 0 saturated carbocycles. The number of hydrogen-bond donors (Lipinski definition) is 1. The van der Waals surface area contributed by atoms with Crippen molar-refractivity contribution in [1.29, 1.82) is 0 Å². The first-order valence-corrected chi connectivity index (χ1v) is 7.79. The number of rotatable bonds is 7. The molecule has 1 N–H and O–H groups in total. The average molecular weight is 302 g/mol. The minimum Gasteiger partial charge on any atom is -0.508 e. The second-order valence-corrected chi connectivity index (χ2v) is 5.31. The Kier molecular flexibility index (Phi) is 7.37. The SMILES string of the molecule is CCCCN(CC)C(=O)C(C)=N/C=C(\C)c1ccc(O)cc1. The number of hydrogen-bond acceptors (Lipinski definition) is 3. The van der Waals surface area contributed by atoms with Crippen molar-refractivity contribution in [2.24, 2.45) is 4.99 Å². The maximum atomic E-state index is 12.3. The van der Waals surface area contributed by atoms with Crippen LogP contribution in [0.3, 0.4) is 0 Å². The first kappa shape index (κ1) is 18.0. The van der Waals surface area contributed by atoms with Crippen LogP contribution in [0.2, 0.25) is 0 Å². The number of nitrogens with zero attached hydrogens (tertiary/aromatic N) is 2. The molecule has 1 rings (SSSR count). The van der Waals surface area contributed by atoms with Crippen LogP contribution in [-0.4, -0.2) is 34.7 Å². The van der Waals surface area contributed by atoms with Gasteiger partial charge in [-0.1, -0.05) is 25.5 Å². The minimum atomic E-state index is -0.00861. The molecule has 0 aliphatic heterocycles. The Hall–Kier alpha value is -2.10. The first-order chi connectivity index (χ1) is 10.5. The predicted molar refractivity (Wildman–Crippen MR) is 92.0 cm³/mol. The highest BCUT2D eigenvalue weighted by Gasteiger charge is 2.13. The van der Waals surface area contributed by atoms with Gasteiger partial charge in [0.25, 0.3) is 5.91 Å². The zero-order valence-electron chi connectivity index (χ0n) is 14.0. The standard InChI is InChI=1S/C18H26N2O2/c1-5-7-12-20(6-2)18(22)15(4)19-13-14(3)16-8-10-17(21)11-9-16/h8-11,13,21H,5-7,12H2,1-4H3/b14-13+,19-15?. The van der Waals surface area contributed by atoms with E-state index in [2.05, 4.69) is 11.9 Å². The lowest BCUT2D eigenvalue weighted by atomic mass is 10.1. The van der Waals surface area contributed by atoms with Crippen LogP contribution < -0.4 is 0 Å². The Morgan fingerprint density at radius 2 is 1.86 bits per heavy atom. The van der Waals surface area contributed by atoms with E-state index in [0.29, 0.717) is 12.3 Å². The van der Waals surface area contributed by atoms with E-state index in [1.165, 1.54) is 0 Å². The van der Waals surface area contributed by atoms with E-state index in [0.717, 1.165) is 30.5 Å². The van der Waals surface area contributed by atoms with Gasteiger partial charge in [-0.05, 0) is 50.5 Å². The number of amides is 1. The van der Waals surface area contributed by atoms with Crippen LogP contribution in [0.1, 0.15) is 46.1 Å². The van der Waals surface area contributed by atoms with Crippen LogP contribution >= 0.6 is 0 Å². The van der Waals surface area contributed by atoms with Crippen LogP contribution in [0.25, 0.3) is 5.57 Å². The number of unbranched alkanes of at least 4 members (excludes halogenated alkanes) is 1. The van der Waals surface area contributed by atoms with Crippen molar-refractivity contribution in [3.05, 3.63) is 36.0 Å². The van der Waals surface area contributed by atoms with Gasteiger partial charge in [0.05, 0.1) is 0 Å². The number of benzene rings is 1. The van der Waals surface area contributed by atoms with Crippen molar-refractivity contribution >= 4 is 17.2 Å².